The zero-order valence-electron chi connectivity index (χ0n) is 14.0. The van der Waals surface area contributed by atoms with Crippen LogP contribution in [0.15, 0.2) is 0 Å². The summed E-state index contributed by atoms with van der Waals surface area (Å²) >= 11 is 0. The second kappa shape index (κ2) is 12.1. The van der Waals surface area contributed by atoms with E-state index in [9.17, 15) is 4.39 Å². The first-order valence-electron chi connectivity index (χ1n) is 9.21. The fourth-order valence-electron chi connectivity index (χ4n) is 3.11. The molecule has 1 atom stereocenters. The number of nitrogens with zero attached hydrogens (tertiary/aromatic N) is 1. The molecular formula is C18H35FN2. The van der Waals surface area contributed by atoms with Crippen LogP contribution in [0.2, 0.25) is 0 Å². The smallest absolute Gasteiger partial charge is 0.191 e. The normalized spacial score (nSPS) is 20.7. The first kappa shape index (κ1) is 18.6. The molecule has 0 spiro atoms. The third-order valence-electron chi connectivity index (χ3n) is 4.55. The van der Waals surface area contributed by atoms with E-state index in [2.05, 4.69) is 6.92 Å². The molecule has 0 bridgehead atoms. The van der Waals surface area contributed by atoms with E-state index in [4.69, 9.17) is 5.41 Å². The summed E-state index contributed by atoms with van der Waals surface area (Å²) in [6, 6.07) is 0. The highest BCUT2D eigenvalue weighted by atomic mass is 19.1. The Kier molecular flexibility index (Phi) is 10.8. The van der Waals surface area contributed by atoms with Crippen molar-refractivity contribution in [2.75, 3.05) is 13.1 Å². The van der Waals surface area contributed by atoms with Crippen LogP contribution < -0.4 is 0 Å². The number of unbranched alkanes of at least 4 members (excludes halogenated alkanes) is 9. The fourth-order valence-corrected chi connectivity index (χ4v) is 3.11. The summed E-state index contributed by atoms with van der Waals surface area (Å²) in [4.78, 5) is 1.88. The third-order valence-corrected chi connectivity index (χ3v) is 4.55. The van der Waals surface area contributed by atoms with E-state index in [1.165, 1.54) is 57.8 Å². The van der Waals surface area contributed by atoms with E-state index in [0.29, 0.717) is 12.1 Å². The van der Waals surface area contributed by atoms with Gasteiger partial charge in [-0.25, -0.2) is 4.39 Å². The quantitative estimate of drug-likeness (QED) is 0.384. The van der Waals surface area contributed by atoms with Crippen molar-refractivity contribution in [2.45, 2.75) is 96.7 Å². The van der Waals surface area contributed by atoms with E-state index in [1.807, 2.05) is 4.90 Å². The summed E-state index contributed by atoms with van der Waals surface area (Å²) in [5.41, 5.74) is 0.291. The molecule has 1 saturated heterocycles. The first-order valence-corrected chi connectivity index (χ1v) is 9.21. The third kappa shape index (κ3) is 8.55. The Hall–Kier alpha value is -0.440. The van der Waals surface area contributed by atoms with E-state index in [1.54, 1.807) is 0 Å². The van der Waals surface area contributed by atoms with Gasteiger partial charge in [-0.2, -0.15) is 0 Å². The van der Waals surface area contributed by atoms with Crippen LogP contribution in [0, 0.1) is 5.41 Å². The molecule has 1 aliphatic rings. The summed E-state index contributed by atoms with van der Waals surface area (Å²) in [6.45, 7) is 3.93. The maximum Gasteiger partial charge on any atom is 0.191 e. The minimum atomic E-state index is -1.11. The van der Waals surface area contributed by atoms with Gasteiger partial charge in [0.25, 0.3) is 0 Å². The van der Waals surface area contributed by atoms with Crippen LogP contribution in [0.4, 0.5) is 4.39 Å². The predicted octanol–water partition coefficient (Wildman–Crippen LogP) is 5.71. The number of hydrogen-bond donors (Lipinski definition) is 1. The molecule has 0 aromatic rings. The van der Waals surface area contributed by atoms with Crippen molar-refractivity contribution >= 4 is 5.71 Å². The van der Waals surface area contributed by atoms with Gasteiger partial charge in [-0.15, -0.1) is 0 Å². The van der Waals surface area contributed by atoms with Crippen LogP contribution in [0.5, 0.6) is 0 Å². The second-order valence-corrected chi connectivity index (χ2v) is 6.54. The summed E-state index contributed by atoms with van der Waals surface area (Å²) in [6.07, 6.45) is 14.7. The summed E-state index contributed by atoms with van der Waals surface area (Å²) in [7, 11) is 0. The molecule has 0 amide bonds. The Morgan fingerprint density at radius 1 is 0.952 bits per heavy atom. The molecule has 0 aliphatic carbocycles. The Bertz CT molecular complexity index is 268. The second-order valence-electron chi connectivity index (χ2n) is 6.54. The lowest BCUT2D eigenvalue weighted by Gasteiger charge is -2.23. The monoisotopic (exact) mass is 298 g/mol. The lowest BCUT2D eigenvalue weighted by atomic mass is 10.1. The molecule has 1 N–H and O–H groups in total. The molecule has 124 valence electrons. The van der Waals surface area contributed by atoms with Crippen molar-refractivity contribution in [3.05, 3.63) is 0 Å². The molecule has 3 heteroatoms. The average Bonchev–Trinajstić information content (AvgIpc) is 2.64. The van der Waals surface area contributed by atoms with E-state index in [-0.39, 0.29) is 0 Å². The Balaban J connectivity index is 1.94. The fraction of sp³-hybridized carbons (Fsp3) is 0.944. The van der Waals surface area contributed by atoms with Crippen molar-refractivity contribution in [3.63, 3.8) is 0 Å². The highest BCUT2D eigenvalue weighted by Crippen LogP contribution is 2.17. The summed E-state index contributed by atoms with van der Waals surface area (Å²) < 4.78 is 14.0. The molecule has 21 heavy (non-hydrogen) atoms. The predicted molar refractivity (Wildman–Crippen MR) is 89.9 cm³/mol. The van der Waals surface area contributed by atoms with Gasteiger partial charge in [0.15, 0.2) is 6.30 Å². The van der Waals surface area contributed by atoms with E-state index >= 15 is 0 Å². The molecule has 2 nitrogen and oxygen atoms in total. The van der Waals surface area contributed by atoms with Crippen molar-refractivity contribution in [3.8, 4) is 0 Å². The number of halogens is 1. The lowest BCUT2D eigenvalue weighted by Crippen LogP contribution is -2.37. The van der Waals surface area contributed by atoms with Crippen LogP contribution in [0.25, 0.3) is 0 Å². The van der Waals surface area contributed by atoms with Gasteiger partial charge in [0, 0.05) is 13.1 Å². The molecule has 0 aromatic carbocycles. The number of rotatable bonds is 11. The van der Waals surface area contributed by atoms with Gasteiger partial charge in [0.05, 0.1) is 5.71 Å². The Morgan fingerprint density at radius 2 is 1.52 bits per heavy atom. The van der Waals surface area contributed by atoms with Crippen LogP contribution in [-0.2, 0) is 0 Å². The maximum atomic E-state index is 14.0. The van der Waals surface area contributed by atoms with Gasteiger partial charge in [-0.1, -0.05) is 64.7 Å². The lowest BCUT2D eigenvalue weighted by molar-refractivity contribution is 0.137. The van der Waals surface area contributed by atoms with Crippen LogP contribution in [0.1, 0.15) is 90.4 Å². The summed E-state index contributed by atoms with van der Waals surface area (Å²) in [5.74, 6) is 0. The summed E-state index contributed by atoms with van der Waals surface area (Å²) in [5, 5.41) is 7.69. The molecule has 1 rings (SSSR count). The number of hydrogen-bond acceptors (Lipinski definition) is 2. The molecule has 1 heterocycles. The van der Waals surface area contributed by atoms with Gasteiger partial charge in [0.2, 0.25) is 0 Å². The molecule has 1 unspecified atom stereocenters. The molecule has 0 aromatic heterocycles. The molecule has 1 aliphatic heterocycles. The zero-order valence-corrected chi connectivity index (χ0v) is 14.0. The van der Waals surface area contributed by atoms with Crippen LogP contribution in [0.3, 0.4) is 0 Å². The highest BCUT2D eigenvalue weighted by Gasteiger charge is 2.23. The average molecular weight is 298 g/mol. The molecule has 1 fully saturated rings. The molecule has 0 saturated carbocycles. The van der Waals surface area contributed by atoms with Gasteiger partial charge < -0.3 is 5.41 Å². The first-order chi connectivity index (χ1) is 10.3. The molecule has 0 radical (unpaired) electrons. The molecular weight excluding hydrogens is 263 g/mol. The standard InChI is InChI=1S/C18H35FN2/c1-2-3-4-5-6-7-8-9-10-12-15-21-16-13-11-14-17(20)18(21)19/h18,20H,2-16H2,1H3. The largest absolute Gasteiger partial charge is 0.305 e. The van der Waals surface area contributed by atoms with Crippen molar-refractivity contribution in [2.24, 2.45) is 0 Å². The van der Waals surface area contributed by atoms with E-state index < -0.39 is 6.30 Å². The van der Waals surface area contributed by atoms with Crippen molar-refractivity contribution in [1.29, 1.82) is 5.41 Å². The van der Waals surface area contributed by atoms with Gasteiger partial charge >= 0.3 is 0 Å². The van der Waals surface area contributed by atoms with Crippen LogP contribution in [-0.4, -0.2) is 30.0 Å². The number of likely N-dealkylation sites (tertiary alicyclic amines) is 1. The zero-order chi connectivity index (χ0) is 15.3. The van der Waals surface area contributed by atoms with Crippen molar-refractivity contribution < 1.29 is 4.39 Å². The Morgan fingerprint density at radius 3 is 2.14 bits per heavy atom. The number of nitrogens with one attached hydrogen (secondary N) is 1. The van der Waals surface area contributed by atoms with Gasteiger partial charge in [-0.05, 0) is 25.7 Å². The highest BCUT2D eigenvalue weighted by molar-refractivity contribution is 5.85. The Labute approximate surface area is 131 Å². The maximum absolute atomic E-state index is 14.0. The van der Waals surface area contributed by atoms with Crippen LogP contribution >= 0.6 is 0 Å². The minimum absolute atomic E-state index is 0.291. The minimum Gasteiger partial charge on any atom is -0.305 e. The SMILES string of the molecule is CCCCCCCCCCCCN1CCCCC(=N)C1F. The van der Waals surface area contributed by atoms with E-state index in [0.717, 1.165) is 32.4 Å². The van der Waals surface area contributed by atoms with Gasteiger partial charge in [-0.3, -0.25) is 4.90 Å². The topological polar surface area (TPSA) is 27.1 Å². The van der Waals surface area contributed by atoms with Crippen molar-refractivity contribution in [1.82, 2.24) is 4.90 Å². The number of alkyl halides is 1. The van der Waals surface area contributed by atoms with Gasteiger partial charge in [0.1, 0.15) is 0 Å².